The molecular weight excluding hydrogens is 246 g/mol. The summed E-state index contributed by atoms with van der Waals surface area (Å²) in [5, 5.41) is 0. The smallest absolute Gasteiger partial charge is 0.0268 e. The first kappa shape index (κ1) is 14.8. The second-order valence-electron chi connectivity index (χ2n) is 8.15. The van der Waals surface area contributed by atoms with Gasteiger partial charge in [-0.25, -0.2) is 0 Å². The number of nitrogens with two attached hydrogens (primary N) is 1. The van der Waals surface area contributed by atoms with Gasteiger partial charge in [0.25, 0.3) is 0 Å². The van der Waals surface area contributed by atoms with Gasteiger partial charge in [-0.3, -0.25) is 11.3 Å². The van der Waals surface area contributed by atoms with Crippen LogP contribution in [0.2, 0.25) is 0 Å². The number of rotatable bonds is 3. The average molecular weight is 279 g/mol. The molecular formula is C17H33N3. The normalized spacial score (nSPS) is 47.4. The van der Waals surface area contributed by atoms with Crippen LogP contribution < -0.4 is 11.3 Å². The quantitative estimate of drug-likeness (QED) is 0.616. The molecule has 0 aromatic rings. The summed E-state index contributed by atoms with van der Waals surface area (Å²) in [6.07, 6.45) is 9.70. The monoisotopic (exact) mass is 279 g/mol. The molecule has 3 rings (SSSR count). The zero-order valence-corrected chi connectivity index (χ0v) is 13.5. The standard InChI is InChI=1S/C17H33N3/c1-11-6-12(2)8-13(7-11)17(19-18)14-9-15-4-5-16(10-14)20(15)3/h11-17,19H,4-10,18H2,1-3H3. The number of fused-ring (bicyclic) bond motifs is 2. The van der Waals surface area contributed by atoms with Crippen LogP contribution in [-0.2, 0) is 0 Å². The number of hydrazine groups is 1. The zero-order chi connectivity index (χ0) is 14.3. The lowest BCUT2D eigenvalue weighted by atomic mass is 9.69. The largest absolute Gasteiger partial charge is 0.300 e. The predicted molar refractivity (Wildman–Crippen MR) is 84.1 cm³/mol. The van der Waals surface area contributed by atoms with Crippen LogP contribution in [0.4, 0.5) is 0 Å². The van der Waals surface area contributed by atoms with Crippen LogP contribution in [0.15, 0.2) is 0 Å². The fraction of sp³-hybridized carbons (Fsp3) is 1.00. The third-order valence-corrected chi connectivity index (χ3v) is 6.56. The molecule has 116 valence electrons. The lowest BCUT2D eigenvalue weighted by Gasteiger charge is -2.44. The van der Waals surface area contributed by atoms with Gasteiger partial charge in [0.2, 0.25) is 0 Å². The highest BCUT2D eigenvalue weighted by molar-refractivity contribution is 4.98. The van der Waals surface area contributed by atoms with Crippen molar-refractivity contribution in [2.45, 2.75) is 76.9 Å². The summed E-state index contributed by atoms with van der Waals surface area (Å²) in [6, 6.07) is 2.21. The van der Waals surface area contributed by atoms with Crippen molar-refractivity contribution in [3.05, 3.63) is 0 Å². The molecule has 5 unspecified atom stereocenters. The molecule has 0 spiro atoms. The van der Waals surface area contributed by atoms with Crippen molar-refractivity contribution < 1.29 is 0 Å². The van der Waals surface area contributed by atoms with Gasteiger partial charge in [-0.2, -0.15) is 0 Å². The van der Waals surface area contributed by atoms with Crippen LogP contribution in [0.1, 0.15) is 58.8 Å². The third kappa shape index (κ3) is 2.77. The maximum atomic E-state index is 6.01. The number of nitrogens with one attached hydrogen (secondary N) is 1. The summed E-state index contributed by atoms with van der Waals surface area (Å²) in [7, 11) is 2.33. The molecule has 0 radical (unpaired) electrons. The first-order chi connectivity index (χ1) is 9.58. The molecule has 2 bridgehead atoms. The Morgan fingerprint density at radius 2 is 1.40 bits per heavy atom. The van der Waals surface area contributed by atoms with E-state index in [1.807, 2.05) is 0 Å². The molecule has 2 aliphatic heterocycles. The molecule has 2 heterocycles. The lowest BCUT2D eigenvalue weighted by Crippen LogP contribution is -2.53. The van der Waals surface area contributed by atoms with Gasteiger partial charge in [0.15, 0.2) is 0 Å². The molecule has 0 amide bonds. The fourth-order valence-electron chi connectivity index (χ4n) is 5.71. The van der Waals surface area contributed by atoms with Crippen molar-refractivity contribution in [1.82, 2.24) is 10.3 Å². The van der Waals surface area contributed by atoms with Crippen LogP contribution in [0, 0.1) is 23.7 Å². The first-order valence-corrected chi connectivity index (χ1v) is 8.76. The van der Waals surface area contributed by atoms with Gasteiger partial charge in [-0.05, 0) is 75.7 Å². The van der Waals surface area contributed by atoms with E-state index in [2.05, 4.69) is 31.2 Å². The SMILES string of the molecule is CC1CC(C)CC(C(NN)C2CC3CCC(C2)N3C)C1. The number of hydrogen-bond donors (Lipinski definition) is 2. The predicted octanol–water partition coefficient (Wildman–Crippen LogP) is 2.76. The van der Waals surface area contributed by atoms with Crippen LogP contribution in [0.25, 0.3) is 0 Å². The number of nitrogens with zero attached hydrogens (tertiary/aromatic N) is 1. The topological polar surface area (TPSA) is 41.3 Å². The maximum absolute atomic E-state index is 6.01. The first-order valence-electron chi connectivity index (χ1n) is 8.76. The Kier molecular flexibility index (Phi) is 4.40. The summed E-state index contributed by atoms with van der Waals surface area (Å²) in [6.45, 7) is 4.85. The maximum Gasteiger partial charge on any atom is 0.0268 e. The molecule has 2 saturated heterocycles. The number of hydrogen-bond acceptors (Lipinski definition) is 3. The van der Waals surface area contributed by atoms with E-state index >= 15 is 0 Å². The van der Waals surface area contributed by atoms with Crippen molar-refractivity contribution in [3.63, 3.8) is 0 Å². The van der Waals surface area contributed by atoms with Gasteiger partial charge in [-0.1, -0.05) is 13.8 Å². The minimum Gasteiger partial charge on any atom is -0.300 e. The molecule has 3 fully saturated rings. The summed E-state index contributed by atoms with van der Waals surface area (Å²) in [5.41, 5.74) is 3.25. The Morgan fingerprint density at radius 3 is 1.90 bits per heavy atom. The molecule has 1 aliphatic carbocycles. The van der Waals surface area contributed by atoms with Crippen LogP contribution >= 0.6 is 0 Å². The summed E-state index contributed by atoms with van der Waals surface area (Å²) in [4.78, 5) is 2.64. The Labute approximate surface area is 124 Å². The second kappa shape index (κ2) is 5.94. The van der Waals surface area contributed by atoms with E-state index < -0.39 is 0 Å². The van der Waals surface area contributed by atoms with Crippen LogP contribution in [0.3, 0.4) is 0 Å². The third-order valence-electron chi connectivity index (χ3n) is 6.56. The highest BCUT2D eigenvalue weighted by Crippen LogP contribution is 2.43. The lowest BCUT2D eigenvalue weighted by molar-refractivity contribution is 0.0722. The van der Waals surface area contributed by atoms with Crippen molar-refractivity contribution in [3.8, 4) is 0 Å². The molecule has 0 aromatic heterocycles. The van der Waals surface area contributed by atoms with Gasteiger partial charge in [0, 0.05) is 18.1 Å². The molecule has 3 N–H and O–H groups in total. The minimum absolute atomic E-state index is 0.553. The van der Waals surface area contributed by atoms with Gasteiger partial charge in [0.1, 0.15) is 0 Å². The van der Waals surface area contributed by atoms with Crippen LogP contribution in [-0.4, -0.2) is 30.1 Å². The highest BCUT2D eigenvalue weighted by atomic mass is 15.2. The Morgan fingerprint density at radius 1 is 0.900 bits per heavy atom. The van der Waals surface area contributed by atoms with Crippen molar-refractivity contribution in [2.75, 3.05) is 7.05 Å². The van der Waals surface area contributed by atoms with E-state index in [9.17, 15) is 0 Å². The van der Waals surface area contributed by atoms with E-state index in [1.165, 1.54) is 44.9 Å². The van der Waals surface area contributed by atoms with Gasteiger partial charge >= 0.3 is 0 Å². The van der Waals surface area contributed by atoms with Gasteiger partial charge in [-0.15, -0.1) is 0 Å². The molecule has 3 heteroatoms. The van der Waals surface area contributed by atoms with Crippen LogP contribution in [0.5, 0.6) is 0 Å². The van der Waals surface area contributed by atoms with E-state index in [4.69, 9.17) is 5.84 Å². The zero-order valence-electron chi connectivity index (χ0n) is 13.5. The van der Waals surface area contributed by atoms with Crippen molar-refractivity contribution >= 4 is 0 Å². The fourth-order valence-corrected chi connectivity index (χ4v) is 5.71. The highest BCUT2D eigenvalue weighted by Gasteiger charge is 2.43. The Bertz CT molecular complexity index is 308. The van der Waals surface area contributed by atoms with E-state index in [0.29, 0.717) is 6.04 Å². The molecule has 1 saturated carbocycles. The molecule has 5 atom stereocenters. The Balaban J connectivity index is 1.67. The van der Waals surface area contributed by atoms with Crippen molar-refractivity contribution in [1.29, 1.82) is 0 Å². The molecule has 20 heavy (non-hydrogen) atoms. The van der Waals surface area contributed by atoms with Gasteiger partial charge in [0.05, 0.1) is 0 Å². The van der Waals surface area contributed by atoms with E-state index in [1.54, 1.807) is 0 Å². The minimum atomic E-state index is 0.553. The second-order valence-corrected chi connectivity index (χ2v) is 8.15. The Hall–Kier alpha value is -0.120. The summed E-state index contributed by atoms with van der Waals surface area (Å²) < 4.78 is 0. The number of piperidine rings is 1. The van der Waals surface area contributed by atoms with Crippen molar-refractivity contribution in [2.24, 2.45) is 29.5 Å². The summed E-state index contributed by atoms with van der Waals surface area (Å²) in [5.74, 6) is 9.36. The summed E-state index contributed by atoms with van der Waals surface area (Å²) >= 11 is 0. The molecule has 0 aromatic carbocycles. The average Bonchev–Trinajstić information content (AvgIpc) is 2.62. The molecule has 3 aliphatic rings. The van der Waals surface area contributed by atoms with E-state index in [-0.39, 0.29) is 0 Å². The van der Waals surface area contributed by atoms with E-state index in [0.717, 1.165) is 35.8 Å². The van der Waals surface area contributed by atoms with Gasteiger partial charge < -0.3 is 4.90 Å². The molecule has 3 nitrogen and oxygen atoms in total.